The molecular weight excluding hydrogens is 424 g/mol. The molecule has 5 rings (SSSR count). The van der Waals surface area contributed by atoms with Gasteiger partial charge in [-0.25, -0.2) is 4.99 Å². The summed E-state index contributed by atoms with van der Waals surface area (Å²) in [6, 6.07) is 22.7. The number of nitrogens with one attached hydrogen (secondary N) is 1. The Kier molecular flexibility index (Phi) is 5.86. The Morgan fingerprint density at radius 1 is 1.10 bits per heavy atom. The number of fused-ring (bicyclic) bond motifs is 2. The molecule has 5 heteroatoms. The van der Waals surface area contributed by atoms with Crippen LogP contribution in [0.15, 0.2) is 88.1 Å². The van der Waals surface area contributed by atoms with E-state index in [2.05, 4.69) is 54.4 Å². The van der Waals surface area contributed by atoms with E-state index in [1.54, 1.807) is 11.8 Å². The van der Waals surface area contributed by atoms with Gasteiger partial charge in [-0.1, -0.05) is 66.3 Å². The van der Waals surface area contributed by atoms with Crippen molar-refractivity contribution in [1.82, 2.24) is 5.32 Å². The van der Waals surface area contributed by atoms with E-state index < -0.39 is 0 Å². The molecule has 0 amide bonds. The van der Waals surface area contributed by atoms with Gasteiger partial charge in [0.15, 0.2) is 0 Å². The summed E-state index contributed by atoms with van der Waals surface area (Å²) < 4.78 is 5.72. The number of hydrogen-bond acceptors (Lipinski definition) is 4. The van der Waals surface area contributed by atoms with Crippen molar-refractivity contribution in [2.75, 3.05) is 13.2 Å². The molecule has 3 aromatic carbocycles. The molecule has 1 unspecified atom stereocenters. The summed E-state index contributed by atoms with van der Waals surface area (Å²) in [7, 11) is 0. The predicted molar refractivity (Wildman–Crippen MR) is 130 cm³/mol. The fourth-order valence-electron chi connectivity index (χ4n) is 3.90. The average Bonchev–Trinajstić information content (AvgIpc) is 3.26. The number of ether oxygens (including phenoxy) is 1. The summed E-state index contributed by atoms with van der Waals surface area (Å²) in [5.41, 5.74) is 6.02. The lowest BCUT2D eigenvalue weighted by Gasteiger charge is -2.15. The lowest BCUT2D eigenvalue weighted by Crippen LogP contribution is -2.24. The molecule has 3 aromatic rings. The fraction of sp³-hybridized carbons (Fsp3) is 0.192. The van der Waals surface area contributed by atoms with Gasteiger partial charge in [-0.3, -0.25) is 0 Å². The van der Waals surface area contributed by atoms with Crippen LogP contribution in [-0.2, 0) is 4.74 Å². The van der Waals surface area contributed by atoms with Crippen molar-refractivity contribution in [2.45, 2.75) is 28.7 Å². The van der Waals surface area contributed by atoms with Crippen molar-refractivity contribution < 1.29 is 4.74 Å². The minimum absolute atomic E-state index is 0.275. The zero-order valence-corrected chi connectivity index (χ0v) is 18.7. The number of hydrogen-bond donors (Lipinski definition) is 1. The van der Waals surface area contributed by atoms with Crippen LogP contribution in [0.4, 0.5) is 5.69 Å². The average molecular weight is 447 g/mol. The van der Waals surface area contributed by atoms with Gasteiger partial charge in [-0.2, -0.15) is 0 Å². The highest BCUT2D eigenvalue weighted by Crippen LogP contribution is 2.42. The Bertz CT molecular complexity index is 1150. The quantitative estimate of drug-likeness (QED) is 0.369. The summed E-state index contributed by atoms with van der Waals surface area (Å²) in [5.74, 6) is 0. The SMILES string of the molecule is C=C(NCC1CCCO1)c1ccc2c(c1)N=C(c1ccc(Cl)cc1)c1ccccc1S2. The molecule has 0 bridgehead atoms. The van der Waals surface area contributed by atoms with E-state index in [1.165, 1.54) is 4.90 Å². The van der Waals surface area contributed by atoms with Crippen LogP contribution in [0.3, 0.4) is 0 Å². The van der Waals surface area contributed by atoms with E-state index in [9.17, 15) is 0 Å². The maximum absolute atomic E-state index is 6.13. The topological polar surface area (TPSA) is 33.6 Å². The fourth-order valence-corrected chi connectivity index (χ4v) is 5.03. The van der Waals surface area contributed by atoms with E-state index in [-0.39, 0.29) is 6.10 Å². The van der Waals surface area contributed by atoms with E-state index in [1.807, 2.05) is 24.3 Å². The molecular formula is C26H23ClN2OS. The van der Waals surface area contributed by atoms with Crippen LogP contribution in [0.2, 0.25) is 5.02 Å². The first-order valence-corrected chi connectivity index (χ1v) is 11.7. The molecule has 1 atom stereocenters. The van der Waals surface area contributed by atoms with Crippen molar-refractivity contribution in [3.05, 3.63) is 95.0 Å². The van der Waals surface area contributed by atoms with Gasteiger partial charge in [0.2, 0.25) is 0 Å². The van der Waals surface area contributed by atoms with Crippen molar-refractivity contribution in [3.8, 4) is 0 Å². The molecule has 0 aliphatic carbocycles. The molecule has 0 radical (unpaired) electrons. The Morgan fingerprint density at radius 2 is 1.94 bits per heavy atom. The highest BCUT2D eigenvalue weighted by molar-refractivity contribution is 7.99. The highest BCUT2D eigenvalue weighted by atomic mass is 35.5. The molecule has 0 aromatic heterocycles. The number of nitrogens with zero attached hydrogens (tertiary/aromatic N) is 1. The molecule has 3 nitrogen and oxygen atoms in total. The Balaban J connectivity index is 1.50. The zero-order chi connectivity index (χ0) is 21.2. The van der Waals surface area contributed by atoms with Crippen LogP contribution in [-0.4, -0.2) is 25.0 Å². The van der Waals surface area contributed by atoms with E-state index in [0.717, 1.165) is 69.7 Å². The van der Waals surface area contributed by atoms with E-state index in [4.69, 9.17) is 21.3 Å². The van der Waals surface area contributed by atoms with Crippen LogP contribution in [0, 0.1) is 0 Å². The molecule has 156 valence electrons. The number of aliphatic imine (C=N–C) groups is 1. The second-order valence-electron chi connectivity index (χ2n) is 7.74. The Labute approximate surface area is 192 Å². The van der Waals surface area contributed by atoms with Gasteiger partial charge in [0.25, 0.3) is 0 Å². The van der Waals surface area contributed by atoms with Gasteiger partial charge in [-0.05, 0) is 48.7 Å². The van der Waals surface area contributed by atoms with Gasteiger partial charge in [0, 0.05) is 44.8 Å². The first-order chi connectivity index (χ1) is 15.2. The molecule has 31 heavy (non-hydrogen) atoms. The Hall–Kier alpha value is -2.53. The van der Waals surface area contributed by atoms with Crippen LogP contribution in [0.1, 0.15) is 29.5 Å². The molecule has 0 saturated carbocycles. The number of rotatable bonds is 5. The van der Waals surface area contributed by atoms with Gasteiger partial charge in [0.1, 0.15) is 0 Å². The van der Waals surface area contributed by atoms with Crippen LogP contribution >= 0.6 is 23.4 Å². The third kappa shape index (κ3) is 4.42. The maximum Gasteiger partial charge on any atom is 0.0793 e. The lowest BCUT2D eigenvalue weighted by atomic mass is 10.0. The van der Waals surface area contributed by atoms with E-state index >= 15 is 0 Å². The summed E-state index contributed by atoms with van der Waals surface area (Å²) in [6.45, 7) is 5.89. The minimum atomic E-state index is 0.275. The first kappa shape index (κ1) is 20.4. The molecule has 2 aliphatic rings. The normalized spacial score (nSPS) is 17.3. The molecule has 2 aliphatic heterocycles. The third-order valence-corrected chi connectivity index (χ3v) is 6.98. The standard InChI is InChI=1S/C26H23ClN2OS/c1-17(28-16-21-5-4-14-30-21)19-10-13-25-23(15-19)29-26(18-8-11-20(27)12-9-18)22-6-2-3-7-24(22)31-25/h2-3,6-13,15,21,28H,1,4-5,14,16H2. The number of benzene rings is 3. The number of halogens is 1. The van der Waals surface area contributed by atoms with Gasteiger partial charge in [-0.15, -0.1) is 0 Å². The highest BCUT2D eigenvalue weighted by Gasteiger charge is 2.20. The van der Waals surface area contributed by atoms with Crippen LogP contribution in [0.5, 0.6) is 0 Å². The van der Waals surface area contributed by atoms with E-state index in [0.29, 0.717) is 0 Å². The second kappa shape index (κ2) is 8.91. The second-order valence-corrected chi connectivity index (χ2v) is 9.26. The van der Waals surface area contributed by atoms with Crippen LogP contribution < -0.4 is 5.32 Å². The first-order valence-electron chi connectivity index (χ1n) is 10.5. The molecule has 0 spiro atoms. The van der Waals surface area contributed by atoms with Gasteiger partial charge in [0.05, 0.1) is 17.5 Å². The summed E-state index contributed by atoms with van der Waals surface area (Å²) in [6.07, 6.45) is 2.52. The summed E-state index contributed by atoms with van der Waals surface area (Å²) in [4.78, 5) is 7.44. The van der Waals surface area contributed by atoms with Crippen molar-refractivity contribution in [3.63, 3.8) is 0 Å². The third-order valence-electron chi connectivity index (χ3n) is 5.59. The van der Waals surface area contributed by atoms with Crippen molar-refractivity contribution in [1.29, 1.82) is 0 Å². The molecule has 1 N–H and O–H groups in total. The van der Waals surface area contributed by atoms with Crippen LogP contribution in [0.25, 0.3) is 5.70 Å². The largest absolute Gasteiger partial charge is 0.382 e. The van der Waals surface area contributed by atoms with Crippen molar-refractivity contribution in [2.24, 2.45) is 4.99 Å². The minimum Gasteiger partial charge on any atom is -0.382 e. The summed E-state index contributed by atoms with van der Waals surface area (Å²) in [5, 5.41) is 4.16. The Morgan fingerprint density at radius 3 is 2.74 bits per heavy atom. The smallest absolute Gasteiger partial charge is 0.0793 e. The molecule has 1 saturated heterocycles. The van der Waals surface area contributed by atoms with Crippen molar-refractivity contribution >= 4 is 40.5 Å². The molecule has 2 heterocycles. The zero-order valence-electron chi connectivity index (χ0n) is 17.1. The lowest BCUT2D eigenvalue weighted by molar-refractivity contribution is 0.113. The van der Waals surface area contributed by atoms with Gasteiger partial charge < -0.3 is 10.1 Å². The predicted octanol–water partition coefficient (Wildman–Crippen LogP) is 6.71. The summed E-state index contributed by atoms with van der Waals surface area (Å²) >= 11 is 7.88. The monoisotopic (exact) mass is 446 g/mol. The van der Waals surface area contributed by atoms with Gasteiger partial charge >= 0.3 is 0 Å². The molecule has 1 fully saturated rings. The maximum atomic E-state index is 6.13.